The van der Waals surface area contributed by atoms with Gasteiger partial charge in [-0.25, -0.2) is 0 Å². The van der Waals surface area contributed by atoms with Crippen LogP contribution in [-0.4, -0.2) is 53.7 Å². The molecule has 8 bridgehead atoms. The molecule has 1 unspecified atom stereocenters. The summed E-state index contributed by atoms with van der Waals surface area (Å²) in [5, 5.41) is 5.67. The van der Waals surface area contributed by atoms with Gasteiger partial charge in [0.15, 0.2) is 5.78 Å². The van der Waals surface area contributed by atoms with Crippen LogP contribution >= 0.6 is 0 Å². The van der Waals surface area contributed by atoms with E-state index in [0.29, 0.717) is 23.3 Å². The third-order valence-electron chi connectivity index (χ3n) is 10.3. The van der Waals surface area contributed by atoms with E-state index in [1.807, 2.05) is 6.92 Å². The Morgan fingerprint density at radius 1 is 0.933 bits per heavy atom. The summed E-state index contributed by atoms with van der Waals surface area (Å²) in [4.78, 5) is 52.2. The molecule has 4 aliphatic rings. The summed E-state index contributed by atoms with van der Waals surface area (Å²) in [6.07, 6.45) is 8.81. The van der Waals surface area contributed by atoms with Crippen LogP contribution < -0.4 is 16.0 Å². The number of aromatic nitrogens is 2. The highest BCUT2D eigenvalue weighted by atomic mass is 16.5. The quantitative estimate of drug-likeness (QED) is 0.339. The van der Waals surface area contributed by atoms with Crippen LogP contribution in [-0.2, 0) is 36.7 Å². The first-order valence-corrected chi connectivity index (χ1v) is 15.9. The van der Waals surface area contributed by atoms with Gasteiger partial charge in [0.1, 0.15) is 5.92 Å². The van der Waals surface area contributed by atoms with E-state index in [1.54, 1.807) is 0 Å². The van der Waals surface area contributed by atoms with Gasteiger partial charge in [0, 0.05) is 62.9 Å². The molecule has 5 heterocycles. The van der Waals surface area contributed by atoms with Gasteiger partial charge in [0.05, 0.1) is 26.0 Å². The summed E-state index contributed by atoms with van der Waals surface area (Å²) < 4.78 is 10.2. The van der Waals surface area contributed by atoms with Crippen LogP contribution in [0.15, 0.2) is 33.1 Å². The maximum atomic E-state index is 14.1. The monoisotopic (exact) mass is 610 g/mol. The number of hydrogen-bond donors (Lipinski definition) is 3. The van der Waals surface area contributed by atoms with E-state index >= 15 is 0 Å². The van der Waals surface area contributed by atoms with Crippen LogP contribution in [0.5, 0.6) is 0 Å². The van der Waals surface area contributed by atoms with Gasteiger partial charge < -0.3 is 24.8 Å². The maximum Gasteiger partial charge on any atom is 0.321 e. The standard InChI is InChI=1S/C36H42N4O5/c1-9-20-16(3)23-13-25-18(5)22(11-12-29(41)44-7)33(39-25)31-32(36(43)45-8)35(42)30-19(6)26(40-34(30)31)15-28-21(10-2)17(4)24(38-28)14-27(20)37-23/h13-15,18,22,26,32,37-39H,9-12H2,1-8H3/t18-,22-,26?,32+/m1/s1. The Hall–Kier alpha value is -4.40. The van der Waals surface area contributed by atoms with Gasteiger partial charge in [0.2, 0.25) is 0 Å². The van der Waals surface area contributed by atoms with Crippen molar-refractivity contribution in [1.29, 1.82) is 0 Å². The lowest BCUT2D eigenvalue weighted by Crippen LogP contribution is -2.27. The number of esters is 2. The minimum absolute atomic E-state index is 0.0418. The Bertz CT molecular complexity index is 1900. The van der Waals surface area contributed by atoms with Gasteiger partial charge in [0.25, 0.3) is 0 Å². The lowest BCUT2D eigenvalue weighted by atomic mass is 9.85. The number of nitrogens with one attached hydrogen (secondary N) is 3. The van der Waals surface area contributed by atoms with Crippen molar-refractivity contribution in [2.24, 2.45) is 22.7 Å². The van der Waals surface area contributed by atoms with Gasteiger partial charge >= 0.3 is 11.9 Å². The van der Waals surface area contributed by atoms with Crippen molar-refractivity contribution in [3.63, 3.8) is 0 Å². The zero-order chi connectivity index (χ0) is 32.3. The third-order valence-corrected chi connectivity index (χ3v) is 10.3. The SMILES string of the molecule is CCc1c2[nH]c(c1C)C=C1NC(=C3C4=NC(C=c5[nH]c(c(C)c5CC)=C2)C(C)=C4C(=O)[C@H]3C(=O)OC)[C@H](CCC(=O)OC)[C@H]1C. The van der Waals surface area contributed by atoms with Crippen LogP contribution in [0.3, 0.4) is 0 Å². The summed E-state index contributed by atoms with van der Waals surface area (Å²) in [5.74, 6) is -2.56. The number of Topliss-reactive ketones (excluding diaryl/α,β-unsaturated/α-hetero) is 1. The molecule has 236 valence electrons. The van der Waals surface area contributed by atoms with Crippen molar-refractivity contribution in [2.45, 2.75) is 73.3 Å². The van der Waals surface area contributed by atoms with E-state index in [0.717, 1.165) is 51.9 Å². The summed E-state index contributed by atoms with van der Waals surface area (Å²) in [6, 6.07) is -0.370. The topological polar surface area (TPSA) is 126 Å². The smallest absolute Gasteiger partial charge is 0.321 e. The summed E-state index contributed by atoms with van der Waals surface area (Å²) >= 11 is 0. The molecular formula is C36H42N4O5. The van der Waals surface area contributed by atoms with E-state index in [4.69, 9.17) is 14.5 Å². The number of aromatic amines is 2. The first-order valence-electron chi connectivity index (χ1n) is 15.9. The Labute approximate surface area is 263 Å². The molecule has 4 atom stereocenters. The Morgan fingerprint density at radius 3 is 2.33 bits per heavy atom. The van der Waals surface area contributed by atoms with Crippen molar-refractivity contribution in [3.05, 3.63) is 72.5 Å². The van der Waals surface area contributed by atoms with Gasteiger partial charge in [-0.15, -0.1) is 0 Å². The molecule has 0 spiro atoms. The second kappa shape index (κ2) is 11.5. The molecule has 9 heteroatoms. The number of nitrogens with zero attached hydrogens (tertiary/aromatic N) is 1. The number of carbonyl (C=O) groups excluding carboxylic acids is 3. The number of aliphatic imine (C=N–C) groups is 1. The second-order valence-corrected chi connectivity index (χ2v) is 12.5. The van der Waals surface area contributed by atoms with Crippen molar-refractivity contribution in [1.82, 2.24) is 15.3 Å². The molecule has 1 saturated carbocycles. The van der Waals surface area contributed by atoms with E-state index in [1.165, 1.54) is 36.5 Å². The normalized spacial score (nSPS) is 23.4. The number of ether oxygens (including phenoxy) is 2. The molecule has 6 rings (SSSR count). The molecule has 0 aromatic carbocycles. The zero-order valence-electron chi connectivity index (χ0n) is 27.4. The molecular weight excluding hydrogens is 568 g/mol. The average molecular weight is 611 g/mol. The van der Waals surface area contributed by atoms with Gasteiger partial charge in [-0.05, 0) is 86.1 Å². The van der Waals surface area contributed by atoms with Crippen LogP contribution in [0.4, 0.5) is 0 Å². The maximum absolute atomic E-state index is 14.1. The molecule has 2 aromatic heterocycles. The first kappa shape index (κ1) is 30.6. The fourth-order valence-electron chi connectivity index (χ4n) is 7.66. The average Bonchev–Trinajstić information content (AvgIpc) is 3.76. The Balaban J connectivity index is 1.69. The van der Waals surface area contributed by atoms with E-state index < -0.39 is 11.9 Å². The minimum Gasteiger partial charge on any atom is -0.469 e. The number of rotatable bonds is 6. The van der Waals surface area contributed by atoms with Crippen LogP contribution in [0, 0.1) is 31.6 Å². The predicted octanol–water partition coefficient (Wildman–Crippen LogP) is 3.62. The summed E-state index contributed by atoms with van der Waals surface area (Å²) in [5.41, 5.74) is 10.9. The molecule has 2 aromatic rings. The van der Waals surface area contributed by atoms with E-state index in [2.05, 4.69) is 68.1 Å². The Kier molecular flexibility index (Phi) is 7.83. The fraction of sp³-hybridized carbons (Fsp3) is 0.444. The first-order chi connectivity index (χ1) is 21.5. The number of ketones is 1. The lowest BCUT2D eigenvalue weighted by molar-refractivity contribution is -0.146. The summed E-state index contributed by atoms with van der Waals surface area (Å²) in [6.45, 7) is 12.6. The number of H-pyrrole nitrogens is 2. The van der Waals surface area contributed by atoms with Crippen molar-refractivity contribution in [2.75, 3.05) is 14.2 Å². The molecule has 3 aliphatic heterocycles. The number of carbonyl (C=O) groups is 3. The zero-order valence-corrected chi connectivity index (χ0v) is 27.4. The molecule has 1 saturated heterocycles. The van der Waals surface area contributed by atoms with Crippen molar-refractivity contribution < 1.29 is 23.9 Å². The van der Waals surface area contributed by atoms with E-state index in [9.17, 15) is 14.4 Å². The number of hydrogen-bond acceptors (Lipinski definition) is 7. The minimum atomic E-state index is -1.13. The van der Waals surface area contributed by atoms with Crippen LogP contribution in [0.2, 0.25) is 0 Å². The second-order valence-electron chi connectivity index (χ2n) is 12.5. The van der Waals surface area contributed by atoms with Crippen LogP contribution in [0.25, 0.3) is 18.2 Å². The molecule has 9 nitrogen and oxygen atoms in total. The van der Waals surface area contributed by atoms with Gasteiger partial charge in [-0.3, -0.25) is 19.4 Å². The third kappa shape index (κ3) is 4.75. The molecule has 2 fully saturated rings. The molecule has 0 amide bonds. The largest absolute Gasteiger partial charge is 0.469 e. The molecule has 1 aliphatic carbocycles. The molecule has 0 radical (unpaired) electrons. The van der Waals surface area contributed by atoms with Crippen molar-refractivity contribution in [3.8, 4) is 0 Å². The Morgan fingerprint density at radius 2 is 1.67 bits per heavy atom. The highest BCUT2D eigenvalue weighted by Gasteiger charge is 2.52. The van der Waals surface area contributed by atoms with E-state index in [-0.39, 0.29) is 36.1 Å². The van der Waals surface area contributed by atoms with Gasteiger partial charge in [-0.2, -0.15) is 0 Å². The highest BCUT2D eigenvalue weighted by molar-refractivity contribution is 6.42. The van der Waals surface area contributed by atoms with Crippen molar-refractivity contribution >= 4 is 41.7 Å². The van der Waals surface area contributed by atoms with Gasteiger partial charge in [-0.1, -0.05) is 20.8 Å². The molecule has 45 heavy (non-hydrogen) atoms. The predicted molar refractivity (Wildman–Crippen MR) is 174 cm³/mol. The number of allylic oxidation sites excluding steroid dienone is 3. The summed E-state index contributed by atoms with van der Waals surface area (Å²) in [7, 11) is 2.69. The number of fused-ring (bicyclic) bond motifs is 7. The molecule has 3 N–H and O–H groups in total. The lowest BCUT2D eigenvalue weighted by Gasteiger charge is -2.19. The fourth-order valence-corrected chi connectivity index (χ4v) is 7.66. The number of methoxy groups -OCH3 is 2. The highest BCUT2D eigenvalue weighted by Crippen LogP contribution is 2.46. The van der Waals surface area contributed by atoms with Crippen LogP contribution in [0.1, 0.15) is 74.2 Å².